The number of nitrogens with two attached hydrogens (primary N) is 1. The van der Waals surface area contributed by atoms with Crippen LogP contribution in [0.5, 0.6) is 0 Å². The molecule has 0 radical (unpaired) electrons. The minimum Gasteiger partial charge on any atom is -0.397 e. The lowest BCUT2D eigenvalue weighted by atomic mass is 10.2. The largest absolute Gasteiger partial charge is 0.397 e. The Bertz CT molecular complexity index is 480. The fourth-order valence-corrected chi connectivity index (χ4v) is 2.93. The number of benzene rings is 1. The number of carbonyl (C=O) groups excluding carboxylic acids is 1. The highest BCUT2D eigenvalue weighted by atomic mass is 35.5. The van der Waals surface area contributed by atoms with Crippen molar-refractivity contribution in [2.75, 3.05) is 22.6 Å². The third-order valence-corrected chi connectivity index (χ3v) is 4.56. The van der Waals surface area contributed by atoms with E-state index in [4.69, 9.17) is 17.3 Å². The second-order valence-corrected chi connectivity index (χ2v) is 6.69. The fraction of sp³-hybridized carbons (Fsp3) is 0.500. The van der Waals surface area contributed by atoms with Crippen molar-refractivity contribution < 1.29 is 9.00 Å². The molecule has 1 unspecified atom stereocenters. The van der Waals surface area contributed by atoms with Crippen molar-refractivity contribution in [3.05, 3.63) is 23.2 Å². The molecule has 1 atom stereocenters. The van der Waals surface area contributed by atoms with Crippen LogP contribution in [-0.4, -0.2) is 21.6 Å². The maximum absolute atomic E-state index is 11.7. The Labute approximate surface area is 127 Å². The third-order valence-electron chi connectivity index (χ3n) is 2.81. The molecular weight excluding hydrogens is 296 g/mol. The first-order chi connectivity index (χ1) is 9.52. The summed E-state index contributed by atoms with van der Waals surface area (Å²) in [5.41, 5.74) is 6.68. The SMILES string of the molecule is CCCCCS(=O)CCC(=O)Nc1ccc(Cl)c(N)c1. The highest BCUT2D eigenvalue weighted by Gasteiger charge is 2.07. The quantitative estimate of drug-likeness (QED) is 0.571. The van der Waals surface area contributed by atoms with Gasteiger partial charge in [0.25, 0.3) is 0 Å². The van der Waals surface area contributed by atoms with Gasteiger partial charge >= 0.3 is 0 Å². The lowest BCUT2D eigenvalue weighted by molar-refractivity contribution is -0.115. The maximum atomic E-state index is 11.7. The summed E-state index contributed by atoms with van der Waals surface area (Å²) in [5.74, 6) is 0.920. The van der Waals surface area contributed by atoms with Crippen LogP contribution in [0.1, 0.15) is 32.6 Å². The molecule has 0 saturated carbocycles. The van der Waals surface area contributed by atoms with Crippen LogP contribution < -0.4 is 11.1 Å². The molecule has 0 fully saturated rings. The monoisotopic (exact) mass is 316 g/mol. The molecule has 0 bridgehead atoms. The van der Waals surface area contributed by atoms with E-state index in [1.54, 1.807) is 18.2 Å². The summed E-state index contributed by atoms with van der Waals surface area (Å²) < 4.78 is 11.7. The zero-order chi connectivity index (χ0) is 15.0. The summed E-state index contributed by atoms with van der Waals surface area (Å²) in [6, 6.07) is 4.93. The van der Waals surface area contributed by atoms with Crippen molar-refractivity contribution >= 4 is 39.7 Å². The van der Waals surface area contributed by atoms with Gasteiger partial charge in [-0.05, 0) is 24.6 Å². The van der Waals surface area contributed by atoms with Crippen molar-refractivity contribution in [1.29, 1.82) is 0 Å². The predicted octanol–water partition coefficient (Wildman–Crippen LogP) is 3.19. The number of nitrogens with one attached hydrogen (secondary N) is 1. The summed E-state index contributed by atoms with van der Waals surface area (Å²) in [5, 5.41) is 3.18. The summed E-state index contributed by atoms with van der Waals surface area (Å²) >= 11 is 5.80. The van der Waals surface area contributed by atoms with Gasteiger partial charge in [0.15, 0.2) is 0 Å². The number of rotatable bonds is 8. The fourth-order valence-electron chi connectivity index (χ4n) is 1.67. The predicted molar refractivity (Wildman–Crippen MR) is 86.5 cm³/mol. The standard InChI is InChI=1S/C14H21ClN2O2S/c1-2-3-4-8-20(19)9-7-14(18)17-11-5-6-12(15)13(16)10-11/h5-6,10H,2-4,7-9,16H2,1H3,(H,17,18). The Kier molecular flexibility index (Phi) is 7.62. The zero-order valence-electron chi connectivity index (χ0n) is 11.7. The number of carbonyl (C=O) groups is 1. The molecule has 6 heteroatoms. The number of hydrogen-bond donors (Lipinski definition) is 2. The first-order valence-corrected chi connectivity index (χ1v) is 8.59. The molecule has 0 spiro atoms. The van der Waals surface area contributed by atoms with Crippen LogP contribution in [0.4, 0.5) is 11.4 Å². The van der Waals surface area contributed by atoms with Gasteiger partial charge in [0.1, 0.15) is 0 Å². The lowest BCUT2D eigenvalue weighted by Crippen LogP contribution is -2.16. The van der Waals surface area contributed by atoms with Crippen LogP contribution in [0, 0.1) is 0 Å². The molecule has 4 nitrogen and oxygen atoms in total. The molecule has 0 heterocycles. The van der Waals surface area contributed by atoms with Gasteiger partial charge in [0.2, 0.25) is 5.91 Å². The zero-order valence-corrected chi connectivity index (χ0v) is 13.2. The van der Waals surface area contributed by atoms with Crippen molar-refractivity contribution in [2.24, 2.45) is 0 Å². The van der Waals surface area contributed by atoms with Gasteiger partial charge in [0.05, 0.1) is 10.7 Å². The highest BCUT2D eigenvalue weighted by molar-refractivity contribution is 7.84. The van der Waals surface area contributed by atoms with Crippen LogP contribution in [-0.2, 0) is 15.6 Å². The highest BCUT2D eigenvalue weighted by Crippen LogP contribution is 2.22. The van der Waals surface area contributed by atoms with Crippen molar-refractivity contribution in [3.63, 3.8) is 0 Å². The topological polar surface area (TPSA) is 72.2 Å². The van der Waals surface area contributed by atoms with E-state index in [1.165, 1.54) is 0 Å². The van der Waals surface area contributed by atoms with E-state index in [1.807, 2.05) is 0 Å². The second-order valence-electron chi connectivity index (χ2n) is 4.59. The van der Waals surface area contributed by atoms with Gasteiger partial charge in [-0.1, -0.05) is 31.4 Å². The normalized spacial score (nSPS) is 12.1. The number of amides is 1. The van der Waals surface area contributed by atoms with E-state index in [2.05, 4.69) is 12.2 Å². The molecule has 1 amide bonds. The van der Waals surface area contributed by atoms with Gasteiger partial charge < -0.3 is 11.1 Å². The number of nitrogen functional groups attached to an aromatic ring is 1. The van der Waals surface area contributed by atoms with E-state index < -0.39 is 10.8 Å². The Morgan fingerprint density at radius 2 is 2.10 bits per heavy atom. The van der Waals surface area contributed by atoms with E-state index in [0.717, 1.165) is 19.3 Å². The molecule has 20 heavy (non-hydrogen) atoms. The van der Waals surface area contributed by atoms with Crippen LogP contribution in [0.25, 0.3) is 0 Å². The molecule has 0 aromatic heterocycles. The number of hydrogen-bond acceptors (Lipinski definition) is 3. The summed E-state index contributed by atoms with van der Waals surface area (Å²) in [7, 11) is -0.915. The molecule has 0 aliphatic carbocycles. The molecular formula is C14H21ClN2O2S. The molecule has 0 saturated heterocycles. The molecule has 1 aromatic rings. The maximum Gasteiger partial charge on any atom is 0.225 e. The first kappa shape index (κ1) is 17.0. The minimum absolute atomic E-state index is 0.157. The first-order valence-electron chi connectivity index (χ1n) is 6.72. The summed E-state index contributed by atoms with van der Waals surface area (Å²) in [6.45, 7) is 2.11. The van der Waals surface area contributed by atoms with Gasteiger partial charge in [-0.2, -0.15) is 0 Å². The average molecular weight is 317 g/mol. The van der Waals surface area contributed by atoms with Gasteiger partial charge in [0, 0.05) is 34.4 Å². The summed E-state index contributed by atoms with van der Waals surface area (Å²) in [4.78, 5) is 11.7. The second kappa shape index (κ2) is 8.97. The van der Waals surface area contributed by atoms with Crippen LogP contribution in [0.3, 0.4) is 0 Å². The minimum atomic E-state index is -0.915. The van der Waals surface area contributed by atoms with Crippen molar-refractivity contribution in [1.82, 2.24) is 0 Å². The Balaban J connectivity index is 2.32. The molecule has 1 aromatic carbocycles. The third kappa shape index (κ3) is 6.39. The number of unbranched alkanes of at least 4 members (excludes halogenated alkanes) is 2. The molecule has 1 rings (SSSR count). The van der Waals surface area contributed by atoms with Gasteiger partial charge in [-0.15, -0.1) is 0 Å². The average Bonchev–Trinajstić information content (AvgIpc) is 2.41. The van der Waals surface area contributed by atoms with Crippen LogP contribution >= 0.6 is 11.6 Å². The number of anilines is 2. The molecule has 3 N–H and O–H groups in total. The van der Waals surface area contributed by atoms with E-state index in [9.17, 15) is 9.00 Å². The summed E-state index contributed by atoms with van der Waals surface area (Å²) in [6.07, 6.45) is 3.40. The molecule has 112 valence electrons. The van der Waals surface area contributed by atoms with Gasteiger partial charge in [-0.25, -0.2) is 0 Å². The van der Waals surface area contributed by atoms with E-state index in [0.29, 0.717) is 27.9 Å². The van der Waals surface area contributed by atoms with E-state index >= 15 is 0 Å². The van der Waals surface area contributed by atoms with E-state index in [-0.39, 0.29) is 12.3 Å². The molecule has 0 aliphatic rings. The Morgan fingerprint density at radius 1 is 1.35 bits per heavy atom. The Morgan fingerprint density at radius 3 is 2.75 bits per heavy atom. The van der Waals surface area contributed by atoms with Crippen molar-refractivity contribution in [2.45, 2.75) is 32.6 Å². The molecule has 0 aliphatic heterocycles. The van der Waals surface area contributed by atoms with Crippen LogP contribution in [0.15, 0.2) is 18.2 Å². The Hall–Kier alpha value is -1.07. The van der Waals surface area contributed by atoms with Crippen LogP contribution in [0.2, 0.25) is 5.02 Å². The smallest absolute Gasteiger partial charge is 0.225 e. The van der Waals surface area contributed by atoms with Crippen molar-refractivity contribution in [3.8, 4) is 0 Å². The number of halogens is 1. The van der Waals surface area contributed by atoms with Gasteiger partial charge in [-0.3, -0.25) is 9.00 Å². The lowest BCUT2D eigenvalue weighted by Gasteiger charge is -2.07.